The van der Waals surface area contributed by atoms with E-state index in [4.69, 9.17) is 14.2 Å². The van der Waals surface area contributed by atoms with Crippen molar-refractivity contribution in [2.75, 3.05) is 0 Å². The van der Waals surface area contributed by atoms with Crippen LogP contribution in [0.3, 0.4) is 0 Å². The molecule has 1 unspecified atom stereocenters. The molecule has 1 aliphatic rings. The summed E-state index contributed by atoms with van der Waals surface area (Å²) in [5.41, 5.74) is 0. The smallest absolute Gasteiger partial charge is 0.163 e. The maximum absolute atomic E-state index is 5.26. The highest BCUT2D eigenvalue weighted by atomic mass is 16.9. The van der Waals surface area contributed by atoms with E-state index in [1.54, 1.807) is 0 Å². The standard InChI is InChI=1S/C7H14O3/c1-4-7-9-5(2)8-6(3)10-7/h5-7H,4H2,1-3H3/t5-,6+,7?. The Balaban J connectivity index is 2.35. The quantitative estimate of drug-likeness (QED) is 0.560. The normalized spacial score (nSPS) is 41.7. The van der Waals surface area contributed by atoms with Crippen molar-refractivity contribution in [3.63, 3.8) is 0 Å². The Labute approximate surface area is 61.3 Å². The third-order valence-electron chi connectivity index (χ3n) is 1.40. The zero-order valence-corrected chi connectivity index (χ0v) is 6.66. The summed E-state index contributed by atoms with van der Waals surface area (Å²) in [5.74, 6) is 0. The molecule has 60 valence electrons. The molecular weight excluding hydrogens is 132 g/mol. The Morgan fingerprint density at radius 2 is 1.50 bits per heavy atom. The molecule has 3 nitrogen and oxygen atoms in total. The Morgan fingerprint density at radius 1 is 1.00 bits per heavy atom. The third-order valence-corrected chi connectivity index (χ3v) is 1.40. The monoisotopic (exact) mass is 146 g/mol. The van der Waals surface area contributed by atoms with Gasteiger partial charge in [0, 0.05) is 0 Å². The van der Waals surface area contributed by atoms with Crippen molar-refractivity contribution in [3.8, 4) is 0 Å². The van der Waals surface area contributed by atoms with E-state index in [1.807, 2.05) is 20.8 Å². The molecule has 0 aromatic heterocycles. The van der Waals surface area contributed by atoms with Crippen LogP contribution in [0.5, 0.6) is 0 Å². The Morgan fingerprint density at radius 3 is 1.90 bits per heavy atom. The Hall–Kier alpha value is -0.120. The first-order valence-corrected chi connectivity index (χ1v) is 3.68. The van der Waals surface area contributed by atoms with E-state index >= 15 is 0 Å². The first kappa shape index (κ1) is 7.98. The number of hydrogen-bond donors (Lipinski definition) is 0. The fourth-order valence-electron chi connectivity index (χ4n) is 0.986. The van der Waals surface area contributed by atoms with Crippen LogP contribution in [0, 0.1) is 0 Å². The van der Waals surface area contributed by atoms with Crippen LogP contribution in [-0.4, -0.2) is 18.9 Å². The van der Waals surface area contributed by atoms with Crippen LogP contribution in [0.4, 0.5) is 0 Å². The van der Waals surface area contributed by atoms with Gasteiger partial charge in [-0.3, -0.25) is 0 Å². The molecule has 3 heteroatoms. The minimum absolute atomic E-state index is 0.0845. The van der Waals surface area contributed by atoms with Gasteiger partial charge >= 0.3 is 0 Å². The van der Waals surface area contributed by atoms with Crippen molar-refractivity contribution in [2.45, 2.75) is 46.1 Å². The average molecular weight is 146 g/mol. The van der Waals surface area contributed by atoms with Crippen molar-refractivity contribution in [1.29, 1.82) is 0 Å². The van der Waals surface area contributed by atoms with Gasteiger partial charge in [0.15, 0.2) is 18.9 Å². The van der Waals surface area contributed by atoms with Gasteiger partial charge in [-0.05, 0) is 20.3 Å². The average Bonchev–Trinajstić information content (AvgIpc) is 1.85. The lowest BCUT2D eigenvalue weighted by Gasteiger charge is -2.31. The van der Waals surface area contributed by atoms with Crippen LogP contribution in [0.15, 0.2) is 0 Å². The molecule has 1 rings (SSSR count). The second-order valence-corrected chi connectivity index (χ2v) is 2.38. The molecule has 0 aromatic carbocycles. The highest BCUT2D eigenvalue weighted by Gasteiger charge is 2.23. The van der Waals surface area contributed by atoms with Gasteiger partial charge in [-0.2, -0.15) is 0 Å². The van der Waals surface area contributed by atoms with Gasteiger partial charge in [-0.1, -0.05) is 6.92 Å². The molecule has 0 aromatic rings. The van der Waals surface area contributed by atoms with E-state index in [0.29, 0.717) is 0 Å². The number of hydrogen-bond acceptors (Lipinski definition) is 3. The second-order valence-electron chi connectivity index (χ2n) is 2.38. The van der Waals surface area contributed by atoms with E-state index in [9.17, 15) is 0 Å². The zero-order chi connectivity index (χ0) is 7.56. The first-order chi connectivity index (χ1) is 4.72. The molecule has 0 radical (unpaired) electrons. The predicted molar refractivity (Wildman–Crippen MR) is 36.3 cm³/mol. The molecule has 1 fully saturated rings. The first-order valence-electron chi connectivity index (χ1n) is 3.68. The van der Waals surface area contributed by atoms with Crippen LogP contribution < -0.4 is 0 Å². The van der Waals surface area contributed by atoms with Gasteiger partial charge in [0.1, 0.15) is 0 Å². The van der Waals surface area contributed by atoms with Crippen LogP contribution in [-0.2, 0) is 14.2 Å². The van der Waals surface area contributed by atoms with E-state index in [1.165, 1.54) is 0 Å². The van der Waals surface area contributed by atoms with Gasteiger partial charge in [0.25, 0.3) is 0 Å². The fraction of sp³-hybridized carbons (Fsp3) is 1.00. The highest BCUT2D eigenvalue weighted by Crippen LogP contribution is 2.16. The molecule has 10 heavy (non-hydrogen) atoms. The largest absolute Gasteiger partial charge is 0.324 e. The maximum Gasteiger partial charge on any atom is 0.163 e. The van der Waals surface area contributed by atoms with Crippen molar-refractivity contribution >= 4 is 0 Å². The van der Waals surface area contributed by atoms with E-state index in [0.717, 1.165) is 6.42 Å². The molecule has 0 bridgehead atoms. The van der Waals surface area contributed by atoms with E-state index < -0.39 is 0 Å². The summed E-state index contributed by atoms with van der Waals surface area (Å²) in [6, 6.07) is 0. The van der Waals surface area contributed by atoms with Crippen LogP contribution in [0.1, 0.15) is 27.2 Å². The highest BCUT2D eigenvalue weighted by molar-refractivity contribution is 4.49. The summed E-state index contributed by atoms with van der Waals surface area (Å²) in [4.78, 5) is 0. The van der Waals surface area contributed by atoms with Crippen molar-refractivity contribution in [3.05, 3.63) is 0 Å². The topological polar surface area (TPSA) is 27.7 Å². The lowest BCUT2D eigenvalue weighted by Crippen LogP contribution is -2.37. The van der Waals surface area contributed by atoms with Crippen molar-refractivity contribution in [2.24, 2.45) is 0 Å². The lowest BCUT2D eigenvalue weighted by molar-refractivity contribution is -0.373. The summed E-state index contributed by atoms with van der Waals surface area (Å²) in [7, 11) is 0. The van der Waals surface area contributed by atoms with Gasteiger partial charge in [0.05, 0.1) is 0 Å². The number of ether oxygens (including phenoxy) is 3. The molecule has 0 aliphatic carbocycles. The maximum atomic E-state index is 5.26. The van der Waals surface area contributed by atoms with Gasteiger partial charge in [0.2, 0.25) is 0 Å². The molecule has 0 spiro atoms. The summed E-state index contributed by atoms with van der Waals surface area (Å²) in [5, 5.41) is 0. The molecular formula is C7H14O3. The molecule has 1 heterocycles. The SMILES string of the molecule is CCC1O[C@@H](C)O[C@@H](C)O1. The van der Waals surface area contributed by atoms with Crippen LogP contribution in [0.25, 0.3) is 0 Å². The fourth-order valence-corrected chi connectivity index (χ4v) is 0.986. The predicted octanol–water partition coefficient (Wildman–Crippen LogP) is 1.48. The van der Waals surface area contributed by atoms with Crippen LogP contribution in [0.2, 0.25) is 0 Å². The molecule has 0 N–H and O–H groups in total. The van der Waals surface area contributed by atoms with E-state index in [2.05, 4.69) is 0 Å². The molecule has 0 saturated carbocycles. The Bertz CT molecular complexity index is 95.0. The van der Waals surface area contributed by atoms with Crippen molar-refractivity contribution < 1.29 is 14.2 Å². The van der Waals surface area contributed by atoms with E-state index in [-0.39, 0.29) is 18.9 Å². The summed E-state index contributed by atoms with van der Waals surface area (Å²) >= 11 is 0. The zero-order valence-electron chi connectivity index (χ0n) is 6.66. The molecule has 1 saturated heterocycles. The summed E-state index contributed by atoms with van der Waals surface area (Å²) < 4.78 is 15.7. The second kappa shape index (κ2) is 3.32. The molecule has 3 atom stereocenters. The summed E-state index contributed by atoms with van der Waals surface area (Å²) in [6.07, 6.45) is 0.527. The summed E-state index contributed by atoms with van der Waals surface area (Å²) in [6.45, 7) is 5.78. The number of rotatable bonds is 1. The van der Waals surface area contributed by atoms with Gasteiger partial charge in [-0.25, -0.2) is 0 Å². The van der Waals surface area contributed by atoms with Gasteiger partial charge in [-0.15, -0.1) is 0 Å². The minimum atomic E-state index is -0.131. The van der Waals surface area contributed by atoms with Gasteiger partial charge < -0.3 is 14.2 Å². The molecule has 0 amide bonds. The van der Waals surface area contributed by atoms with Crippen LogP contribution >= 0.6 is 0 Å². The third kappa shape index (κ3) is 1.94. The lowest BCUT2D eigenvalue weighted by atomic mass is 10.4. The molecule has 1 aliphatic heterocycles. The minimum Gasteiger partial charge on any atom is -0.324 e. The van der Waals surface area contributed by atoms with Crippen molar-refractivity contribution in [1.82, 2.24) is 0 Å². The Kier molecular flexibility index (Phi) is 2.65.